The predicted octanol–water partition coefficient (Wildman–Crippen LogP) is 5.96. The number of anilines is 1. The first-order chi connectivity index (χ1) is 15.0. The van der Waals surface area contributed by atoms with E-state index in [1.54, 1.807) is 41.7 Å². The van der Waals surface area contributed by atoms with E-state index in [4.69, 9.17) is 39.5 Å². The fraction of sp³-hybridized carbons (Fsp3) is 0.190. The van der Waals surface area contributed by atoms with Crippen molar-refractivity contribution < 1.29 is 9.53 Å². The van der Waals surface area contributed by atoms with Crippen LogP contribution in [-0.4, -0.2) is 33.6 Å². The molecule has 0 saturated heterocycles. The molecule has 0 aliphatic carbocycles. The van der Waals surface area contributed by atoms with Gasteiger partial charge >= 0.3 is 0 Å². The first-order valence-corrected chi connectivity index (χ1v) is 11.3. The number of amides is 1. The van der Waals surface area contributed by atoms with Crippen LogP contribution in [0.25, 0.3) is 10.2 Å². The monoisotopic (exact) mass is 494 g/mol. The highest BCUT2D eigenvalue weighted by atomic mass is 35.5. The van der Waals surface area contributed by atoms with Crippen molar-refractivity contribution >= 4 is 67.4 Å². The second kappa shape index (κ2) is 9.87. The highest BCUT2D eigenvalue weighted by Gasteiger charge is 2.21. The molecule has 0 spiro atoms. The normalized spacial score (nSPS) is 11.1. The van der Waals surface area contributed by atoms with Gasteiger partial charge in [0.25, 0.3) is 5.91 Å². The minimum Gasteiger partial charge on any atom is -0.482 e. The van der Waals surface area contributed by atoms with E-state index in [2.05, 4.69) is 9.97 Å². The van der Waals surface area contributed by atoms with Crippen LogP contribution in [0, 0.1) is 0 Å². The van der Waals surface area contributed by atoms with E-state index in [0.717, 1.165) is 23.2 Å². The largest absolute Gasteiger partial charge is 0.482 e. The third kappa shape index (κ3) is 5.49. The molecule has 6 nitrogen and oxygen atoms in total. The van der Waals surface area contributed by atoms with Crippen molar-refractivity contribution in [2.24, 2.45) is 0 Å². The molecule has 0 bridgehead atoms. The minimum absolute atomic E-state index is 0.177. The van der Waals surface area contributed by atoms with E-state index in [9.17, 15) is 4.79 Å². The molecule has 4 aromatic rings. The molecule has 10 heteroatoms. The maximum absolute atomic E-state index is 13.1. The van der Waals surface area contributed by atoms with Gasteiger partial charge in [0.2, 0.25) is 0 Å². The molecule has 160 valence electrons. The third-order valence-electron chi connectivity index (χ3n) is 4.47. The number of aromatic nitrogens is 3. The molecule has 0 aliphatic rings. The van der Waals surface area contributed by atoms with Gasteiger partial charge < -0.3 is 9.30 Å². The Labute approximate surface area is 197 Å². The fourth-order valence-electron chi connectivity index (χ4n) is 2.97. The third-order valence-corrected chi connectivity index (χ3v) is 6.28. The smallest absolute Gasteiger partial charge is 0.266 e. The number of imidazole rings is 1. The molecule has 0 aliphatic heterocycles. The van der Waals surface area contributed by atoms with Crippen molar-refractivity contribution in [1.29, 1.82) is 0 Å². The first kappa shape index (κ1) is 21.9. The lowest BCUT2D eigenvalue weighted by molar-refractivity contribution is -0.120. The summed E-state index contributed by atoms with van der Waals surface area (Å²) in [5.74, 6) is 0.177. The van der Waals surface area contributed by atoms with Gasteiger partial charge in [0, 0.05) is 35.5 Å². The zero-order valence-corrected chi connectivity index (χ0v) is 19.3. The Morgan fingerprint density at radius 3 is 2.71 bits per heavy atom. The minimum atomic E-state index is -0.221. The Bertz CT molecular complexity index is 1200. The van der Waals surface area contributed by atoms with Crippen molar-refractivity contribution in [3.05, 3.63) is 70.2 Å². The maximum Gasteiger partial charge on any atom is 0.266 e. The van der Waals surface area contributed by atoms with Gasteiger partial charge in [0.1, 0.15) is 5.75 Å². The van der Waals surface area contributed by atoms with Gasteiger partial charge in [-0.05, 0) is 42.8 Å². The number of hydrogen-bond acceptors (Lipinski definition) is 5. The van der Waals surface area contributed by atoms with E-state index < -0.39 is 0 Å². The number of fused-ring (bicyclic) bond motifs is 1. The number of ether oxygens (including phenoxy) is 1. The van der Waals surface area contributed by atoms with Gasteiger partial charge in [-0.3, -0.25) is 9.69 Å². The number of nitrogens with zero attached hydrogens (tertiary/aromatic N) is 4. The van der Waals surface area contributed by atoms with Crippen LogP contribution in [-0.2, 0) is 11.3 Å². The number of rotatable bonds is 8. The van der Waals surface area contributed by atoms with Crippen LogP contribution in [0.2, 0.25) is 15.1 Å². The summed E-state index contributed by atoms with van der Waals surface area (Å²) in [4.78, 5) is 23.4. The van der Waals surface area contributed by atoms with E-state index in [1.165, 1.54) is 11.3 Å². The number of carbonyl (C=O) groups excluding carboxylic acids is 1. The SMILES string of the molecule is O=C(COc1ccc(Cl)cc1Cl)N(CCCn1ccnc1)c1nc2ccc(Cl)cc2s1. The molecule has 4 rings (SSSR count). The summed E-state index contributed by atoms with van der Waals surface area (Å²) in [7, 11) is 0. The highest BCUT2D eigenvalue weighted by Crippen LogP contribution is 2.32. The Kier molecular flexibility index (Phi) is 6.97. The molecule has 0 saturated carbocycles. The summed E-state index contributed by atoms with van der Waals surface area (Å²) in [5, 5.41) is 2.07. The van der Waals surface area contributed by atoms with Crippen LogP contribution >= 0.6 is 46.1 Å². The molecule has 31 heavy (non-hydrogen) atoms. The summed E-state index contributed by atoms with van der Waals surface area (Å²) >= 11 is 19.6. The number of hydrogen-bond donors (Lipinski definition) is 0. The van der Waals surface area contributed by atoms with Gasteiger partial charge in [0.05, 0.1) is 21.6 Å². The van der Waals surface area contributed by atoms with Crippen LogP contribution < -0.4 is 9.64 Å². The molecular weight excluding hydrogens is 479 g/mol. The average molecular weight is 496 g/mol. The average Bonchev–Trinajstić information content (AvgIpc) is 3.39. The molecule has 1 amide bonds. The van der Waals surface area contributed by atoms with Crippen LogP contribution in [0.5, 0.6) is 5.75 Å². The van der Waals surface area contributed by atoms with E-state index in [-0.39, 0.29) is 12.5 Å². The highest BCUT2D eigenvalue weighted by molar-refractivity contribution is 7.22. The Morgan fingerprint density at radius 1 is 1.13 bits per heavy atom. The van der Waals surface area contributed by atoms with Gasteiger partial charge in [-0.15, -0.1) is 0 Å². The summed E-state index contributed by atoms with van der Waals surface area (Å²) in [6, 6.07) is 10.3. The zero-order valence-electron chi connectivity index (χ0n) is 16.2. The summed E-state index contributed by atoms with van der Waals surface area (Å²) in [6.45, 7) is 1.02. The van der Waals surface area contributed by atoms with E-state index in [0.29, 0.717) is 32.5 Å². The van der Waals surface area contributed by atoms with E-state index >= 15 is 0 Å². The molecule has 0 atom stereocenters. The molecule has 0 N–H and O–H groups in total. The quantitative estimate of drug-likeness (QED) is 0.303. The van der Waals surface area contributed by atoms with Crippen molar-refractivity contribution in [2.45, 2.75) is 13.0 Å². The first-order valence-electron chi connectivity index (χ1n) is 9.39. The van der Waals surface area contributed by atoms with Gasteiger partial charge in [-0.2, -0.15) is 0 Å². The predicted molar refractivity (Wildman–Crippen MR) is 126 cm³/mol. The molecule has 0 unspecified atom stereocenters. The van der Waals surface area contributed by atoms with Crippen LogP contribution in [0.3, 0.4) is 0 Å². The van der Waals surface area contributed by atoms with E-state index in [1.807, 2.05) is 22.9 Å². The van der Waals surface area contributed by atoms with Crippen molar-refractivity contribution in [1.82, 2.24) is 14.5 Å². The Balaban J connectivity index is 1.51. The fourth-order valence-corrected chi connectivity index (χ4v) is 4.72. The van der Waals surface area contributed by atoms with Crippen molar-refractivity contribution in [3.8, 4) is 5.75 Å². The molecule has 0 fully saturated rings. The summed E-state index contributed by atoms with van der Waals surface area (Å²) < 4.78 is 8.54. The standard InChI is InChI=1S/C21H17Cl3N4O2S/c22-14-3-5-18(16(24)10-14)30-12-20(29)28(8-1-7-27-9-6-25-13-27)21-26-17-4-2-15(23)11-19(17)31-21/h2-6,9-11,13H,1,7-8,12H2. The Morgan fingerprint density at radius 2 is 1.94 bits per heavy atom. The number of halogens is 3. The van der Waals surface area contributed by atoms with Gasteiger partial charge in [-0.25, -0.2) is 9.97 Å². The summed E-state index contributed by atoms with van der Waals surface area (Å²) in [6.07, 6.45) is 6.08. The lowest BCUT2D eigenvalue weighted by atomic mass is 10.3. The number of thiazole rings is 1. The summed E-state index contributed by atoms with van der Waals surface area (Å²) in [5.41, 5.74) is 0.790. The number of aryl methyl sites for hydroxylation is 1. The lowest BCUT2D eigenvalue weighted by Crippen LogP contribution is -2.36. The molecule has 2 heterocycles. The zero-order chi connectivity index (χ0) is 21.8. The van der Waals surface area contributed by atoms with Gasteiger partial charge in [-0.1, -0.05) is 46.1 Å². The topological polar surface area (TPSA) is 60.2 Å². The molecule has 2 aromatic heterocycles. The van der Waals surface area contributed by atoms with Crippen LogP contribution in [0.15, 0.2) is 55.1 Å². The lowest BCUT2D eigenvalue weighted by Gasteiger charge is -2.20. The van der Waals surface area contributed by atoms with Crippen molar-refractivity contribution in [3.63, 3.8) is 0 Å². The molecular formula is C21H17Cl3N4O2S. The van der Waals surface area contributed by atoms with Gasteiger partial charge in [0.15, 0.2) is 11.7 Å². The second-order valence-corrected chi connectivity index (χ2v) is 8.96. The molecule has 2 aromatic carbocycles. The van der Waals surface area contributed by atoms with Crippen LogP contribution in [0.1, 0.15) is 6.42 Å². The Hall–Kier alpha value is -2.32. The number of carbonyl (C=O) groups is 1. The van der Waals surface area contributed by atoms with Crippen molar-refractivity contribution in [2.75, 3.05) is 18.1 Å². The van der Waals surface area contributed by atoms with Crippen LogP contribution in [0.4, 0.5) is 5.13 Å². The second-order valence-electron chi connectivity index (χ2n) is 6.67. The maximum atomic E-state index is 13.1. The number of benzene rings is 2. The molecule has 0 radical (unpaired) electrons.